The van der Waals surface area contributed by atoms with Crippen LogP contribution >= 0.6 is 0 Å². The predicted molar refractivity (Wildman–Crippen MR) is 13.8 cm³/mol. The van der Waals surface area contributed by atoms with Crippen LogP contribution in [0.25, 0.3) is 0 Å². The summed E-state index contributed by atoms with van der Waals surface area (Å²) in [5.41, 5.74) is 0. The van der Waals surface area contributed by atoms with Gasteiger partial charge in [-0.25, -0.2) is 0 Å². The first kappa shape index (κ1) is 8.88. The van der Waals surface area contributed by atoms with E-state index in [4.69, 9.17) is 0 Å². The Morgan fingerprint density at radius 1 is 1.75 bits per heavy atom. The first-order valence-corrected chi connectivity index (χ1v) is 1.13. The summed E-state index contributed by atoms with van der Waals surface area (Å²) in [6.45, 7) is 3.17. The molecule has 0 atom stereocenters. The minimum absolute atomic E-state index is 0. The molecule has 0 aliphatic heterocycles. The van der Waals surface area contributed by atoms with E-state index >= 15 is 0 Å². The Kier molecular flexibility index (Phi) is 23.7. The van der Waals surface area contributed by atoms with Gasteiger partial charge in [0.25, 0.3) is 0 Å². The van der Waals surface area contributed by atoms with Crippen molar-refractivity contribution in [1.29, 1.82) is 0 Å². The molecule has 0 bridgehead atoms. The van der Waals surface area contributed by atoms with Gasteiger partial charge in [-0.2, -0.15) is 0 Å². The summed E-state index contributed by atoms with van der Waals surface area (Å²) in [4.78, 5) is 1.31. The maximum absolute atomic E-state index is 4.27. The van der Waals surface area contributed by atoms with Gasteiger partial charge >= 0.3 is 27.6 Å². The zero-order valence-electron chi connectivity index (χ0n) is 2.09. The molecular formula is C2H5CuO. The van der Waals surface area contributed by atoms with Crippen LogP contribution in [0.3, 0.4) is 0 Å². The SMILES string of the molecule is C=[CH][Cu].O. The Morgan fingerprint density at radius 3 is 1.75 bits per heavy atom. The second-order valence-corrected chi connectivity index (χ2v) is 0.508. The van der Waals surface area contributed by atoms with Crippen molar-refractivity contribution in [1.82, 2.24) is 0 Å². The number of hydrogen-bond donors (Lipinski definition) is 0. The molecule has 0 radical (unpaired) electrons. The summed E-state index contributed by atoms with van der Waals surface area (Å²) in [7, 11) is 0. The molecule has 0 aliphatic rings. The van der Waals surface area contributed by atoms with Gasteiger partial charge in [-0.15, -0.1) is 0 Å². The summed E-state index contributed by atoms with van der Waals surface area (Å²) >= 11 is 4.27. The quantitative estimate of drug-likeness (QED) is 0.387. The Labute approximate surface area is 33.8 Å². The van der Waals surface area contributed by atoms with E-state index < -0.39 is 0 Å². The van der Waals surface area contributed by atoms with E-state index in [0.717, 1.165) is 0 Å². The molecule has 0 aliphatic carbocycles. The molecule has 0 rings (SSSR count). The van der Waals surface area contributed by atoms with Gasteiger partial charge in [-0.1, -0.05) is 0 Å². The Bertz CT molecular complexity index is 13.5. The van der Waals surface area contributed by atoms with Crippen molar-refractivity contribution in [2.24, 2.45) is 0 Å². The van der Waals surface area contributed by atoms with Gasteiger partial charge < -0.3 is 5.48 Å². The minimum Gasteiger partial charge on any atom is -0.412 e. The van der Waals surface area contributed by atoms with Gasteiger partial charge in [0, 0.05) is 0 Å². The molecule has 0 aromatic rings. The fourth-order valence-electron chi connectivity index (χ4n) is 0. The van der Waals surface area contributed by atoms with Crippen molar-refractivity contribution < 1.29 is 21.5 Å². The van der Waals surface area contributed by atoms with Crippen molar-refractivity contribution in [3.63, 3.8) is 0 Å². The van der Waals surface area contributed by atoms with Gasteiger partial charge in [0.15, 0.2) is 0 Å². The second-order valence-electron chi connectivity index (χ2n) is 0.123. The molecule has 0 saturated heterocycles. The molecule has 0 spiro atoms. The van der Waals surface area contributed by atoms with Crippen molar-refractivity contribution >= 4 is 0 Å². The van der Waals surface area contributed by atoms with Crippen LogP contribution in [0.1, 0.15) is 0 Å². The normalized spacial score (nSPS) is 3.50. The van der Waals surface area contributed by atoms with Crippen molar-refractivity contribution in [2.45, 2.75) is 0 Å². The second kappa shape index (κ2) is 10.7. The molecule has 0 heterocycles. The third-order valence-electron chi connectivity index (χ3n) is 0. The maximum Gasteiger partial charge on any atom is -0.412 e. The van der Waals surface area contributed by atoms with Gasteiger partial charge in [-0.3, -0.25) is 0 Å². The molecule has 0 amide bonds. The fraction of sp³-hybridized carbons (Fsp3) is 0. The molecule has 1 nitrogen and oxygen atoms in total. The summed E-state index contributed by atoms with van der Waals surface area (Å²) in [6, 6.07) is 0. The molecule has 30 valence electrons. The van der Waals surface area contributed by atoms with E-state index in [1.165, 1.54) is 4.97 Å². The van der Waals surface area contributed by atoms with Crippen molar-refractivity contribution in [2.75, 3.05) is 0 Å². The molecule has 0 aromatic heterocycles. The molecule has 0 aromatic carbocycles. The third-order valence-corrected chi connectivity index (χ3v) is 0. The summed E-state index contributed by atoms with van der Waals surface area (Å²) < 4.78 is 0. The Balaban J connectivity index is 0. The standard InChI is InChI=1S/C2H3.Cu.H2O/c1-2;;/h1H,2H2;;1H2. The van der Waals surface area contributed by atoms with Crippen LogP contribution in [-0.4, -0.2) is 5.48 Å². The van der Waals surface area contributed by atoms with Crippen LogP contribution in [-0.2, 0) is 16.0 Å². The molecular weight excluding hydrogens is 104 g/mol. The zero-order chi connectivity index (χ0) is 2.71. The molecule has 2 heteroatoms. The van der Waals surface area contributed by atoms with E-state index in [-0.39, 0.29) is 5.48 Å². The third kappa shape index (κ3) is 68.5. The van der Waals surface area contributed by atoms with Crippen LogP contribution in [0.2, 0.25) is 0 Å². The molecule has 0 unspecified atom stereocenters. The van der Waals surface area contributed by atoms with Crippen LogP contribution < -0.4 is 0 Å². The van der Waals surface area contributed by atoms with E-state index in [1.54, 1.807) is 0 Å². The minimum atomic E-state index is 0. The van der Waals surface area contributed by atoms with Crippen LogP contribution in [0.15, 0.2) is 11.6 Å². The number of hydrogen-bond acceptors (Lipinski definition) is 0. The smallest absolute Gasteiger partial charge is 0.412 e. The van der Waals surface area contributed by atoms with Crippen LogP contribution in [0, 0.1) is 0 Å². The Hall–Kier alpha value is 0.219. The summed E-state index contributed by atoms with van der Waals surface area (Å²) in [6.07, 6.45) is 0. The first-order chi connectivity index (χ1) is 1.41. The molecule has 4 heavy (non-hydrogen) atoms. The first-order valence-electron chi connectivity index (χ1n) is 0.582. The van der Waals surface area contributed by atoms with Crippen molar-refractivity contribution in [3.8, 4) is 0 Å². The van der Waals surface area contributed by atoms with E-state index in [1.807, 2.05) is 0 Å². The van der Waals surface area contributed by atoms with E-state index in [9.17, 15) is 0 Å². The van der Waals surface area contributed by atoms with Gasteiger partial charge in [0.2, 0.25) is 0 Å². The summed E-state index contributed by atoms with van der Waals surface area (Å²) in [5.74, 6) is 0. The average molecular weight is 109 g/mol. The molecule has 0 saturated carbocycles. The van der Waals surface area contributed by atoms with Gasteiger partial charge in [-0.05, 0) is 0 Å². The maximum atomic E-state index is 4.27. The fourth-order valence-corrected chi connectivity index (χ4v) is 0. The van der Waals surface area contributed by atoms with E-state index in [0.29, 0.717) is 0 Å². The monoisotopic (exact) mass is 108 g/mol. The Morgan fingerprint density at radius 2 is 1.75 bits per heavy atom. The summed E-state index contributed by atoms with van der Waals surface area (Å²) in [5, 5.41) is 0. The van der Waals surface area contributed by atoms with Crippen LogP contribution in [0.5, 0.6) is 0 Å². The van der Waals surface area contributed by atoms with Gasteiger partial charge in [0.1, 0.15) is 0 Å². The topological polar surface area (TPSA) is 31.5 Å². The van der Waals surface area contributed by atoms with Gasteiger partial charge in [0.05, 0.1) is 0 Å². The van der Waals surface area contributed by atoms with Crippen molar-refractivity contribution in [3.05, 3.63) is 11.6 Å². The van der Waals surface area contributed by atoms with Crippen LogP contribution in [0.4, 0.5) is 0 Å². The molecule has 2 N–H and O–H groups in total. The average Bonchev–Trinajstić information content (AvgIpc) is 0.918. The zero-order valence-corrected chi connectivity index (χ0v) is 3.03. The van der Waals surface area contributed by atoms with E-state index in [2.05, 4.69) is 22.6 Å². The largest absolute Gasteiger partial charge is 0.412 e. The number of rotatable bonds is 0. The molecule has 0 fully saturated rings. The predicted octanol–water partition coefficient (Wildman–Crippen LogP) is -0.148.